The van der Waals surface area contributed by atoms with E-state index in [2.05, 4.69) is 402 Å². The van der Waals surface area contributed by atoms with E-state index in [1.165, 1.54) is 155 Å². The van der Waals surface area contributed by atoms with Crippen LogP contribution in [0.3, 0.4) is 0 Å². The van der Waals surface area contributed by atoms with Crippen LogP contribution in [0.1, 0.15) is 80.4 Å². The van der Waals surface area contributed by atoms with Crippen molar-refractivity contribution in [3.05, 3.63) is 472 Å². The molecule has 3 nitrogen and oxygen atoms in total. The molecule has 131 heavy (non-hydrogen) atoms. The minimum atomic E-state index is 0.945. The van der Waals surface area contributed by atoms with Crippen molar-refractivity contribution in [3.63, 3.8) is 0 Å². The second-order valence-corrected chi connectivity index (χ2v) is 32.1. The van der Waals surface area contributed by atoms with E-state index < -0.39 is 0 Å². The lowest BCUT2D eigenvalue weighted by atomic mass is 10.00. The zero-order valence-corrected chi connectivity index (χ0v) is 78.6. The van der Waals surface area contributed by atoms with Gasteiger partial charge in [0.05, 0.1) is 0 Å². The molecule has 0 aliphatic rings. The first-order chi connectivity index (χ1) is 64.9. The second-order valence-electron chi connectivity index (χ2n) is 30.0. The maximum Gasteiger partial charge on any atom is 0.143 e. The second kappa shape index (κ2) is 46.1. The van der Waals surface area contributed by atoms with Gasteiger partial charge in [-0.05, 0) is 115 Å². The predicted molar refractivity (Wildman–Crippen MR) is 579 cm³/mol. The van der Waals surface area contributed by atoms with Crippen molar-refractivity contribution in [2.75, 3.05) is 0 Å². The van der Waals surface area contributed by atoms with Crippen LogP contribution in [0.5, 0.6) is 0 Å². The molecule has 5 aromatic heterocycles. The van der Waals surface area contributed by atoms with Gasteiger partial charge in [-0.25, -0.2) is 0 Å². The zero-order chi connectivity index (χ0) is 91.2. The maximum atomic E-state index is 6.25. The summed E-state index contributed by atoms with van der Waals surface area (Å²) in [7, 11) is 0. The third-order valence-corrected chi connectivity index (χ3v) is 24.7. The van der Waals surface area contributed by atoms with Crippen LogP contribution in [0, 0.1) is 13.8 Å². The van der Waals surface area contributed by atoms with Gasteiger partial charge in [0.1, 0.15) is 33.5 Å². The van der Waals surface area contributed by atoms with Crippen LogP contribution in [-0.2, 0) is 0 Å². The topological polar surface area (TPSA) is 39.4 Å². The average Bonchev–Trinajstić information content (AvgIpc) is 1.61. The monoisotopic (exact) mass is 1740 g/mol. The van der Waals surface area contributed by atoms with E-state index in [0.29, 0.717) is 0 Å². The molecule has 0 fully saturated rings. The highest BCUT2D eigenvalue weighted by Crippen LogP contribution is 2.46. The number of aryl methyl sites for hydroxylation is 2. The van der Waals surface area contributed by atoms with E-state index in [0.717, 1.165) is 50.2 Å². The van der Waals surface area contributed by atoms with E-state index in [1.54, 1.807) is 0 Å². The van der Waals surface area contributed by atoms with Gasteiger partial charge in [0.25, 0.3) is 0 Å². The Morgan fingerprint density at radius 2 is 0.427 bits per heavy atom. The third-order valence-electron chi connectivity index (χ3n) is 22.3. The fourth-order valence-electron chi connectivity index (χ4n) is 16.5. The number of benzene rings is 20. The number of thiophene rings is 2. The van der Waals surface area contributed by atoms with Gasteiger partial charge in [-0.2, -0.15) is 0 Å². The molecule has 0 radical (unpaired) electrons. The maximum absolute atomic E-state index is 6.25. The highest BCUT2D eigenvalue weighted by atomic mass is 32.1. The van der Waals surface area contributed by atoms with Crippen molar-refractivity contribution in [3.8, 4) is 55.6 Å². The highest BCUT2D eigenvalue weighted by Gasteiger charge is 2.19. The van der Waals surface area contributed by atoms with E-state index >= 15 is 0 Å². The smallest absolute Gasteiger partial charge is 0.143 e. The number of hydrogen-bond acceptors (Lipinski definition) is 5. The Hall–Kier alpha value is -15.0. The number of rotatable bonds is 5. The molecule has 5 heteroatoms. The van der Waals surface area contributed by atoms with Gasteiger partial charge in [0.2, 0.25) is 0 Å². The quantitative estimate of drug-likeness (QED) is 0.172. The Kier molecular flexibility index (Phi) is 32.5. The standard InChI is InChI=1S/2C22H14O.C22H14S.C18H12O.C18H12S.2C7H8.5C2H6/c3*1-2-7-15(8-3-1)18-11-6-12-19-21-17-10-5-4-9-16(17)13-14-20(21)23-22(18)19;2*1-2-7-13(8-3-1)14-10-6-11-16-15-9-4-5-12-17(15)19-18(14)16;2*1-7-5-3-2-4-6-7;5*1-2/h3*1-14H;2*1-12H;2*2-6H,1H3;5*1-2H3. The van der Waals surface area contributed by atoms with Gasteiger partial charge in [-0.15, -0.1) is 22.7 Å². The largest absolute Gasteiger partial charge is 0.455 e. The zero-order valence-electron chi connectivity index (χ0n) is 76.9. The molecular formula is C126H112O3S2. The fraction of sp³-hybridized carbons (Fsp3) is 0.0952. The third kappa shape index (κ3) is 20.9. The molecule has 646 valence electrons. The Bertz CT molecular complexity index is 7250. The van der Waals surface area contributed by atoms with Crippen LogP contribution in [0.4, 0.5) is 0 Å². The average molecular weight is 1740 g/mol. The summed E-state index contributed by atoms with van der Waals surface area (Å²) in [6, 6.07) is 161. The number of fused-ring (bicyclic) bond motifs is 21. The molecule has 0 saturated heterocycles. The molecule has 0 aliphatic carbocycles. The fourth-order valence-corrected chi connectivity index (χ4v) is 19.0. The van der Waals surface area contributed by atoms with Gasteiger partial charge in [-0.3, -0.25) is 0 Å². The van der Waals surface area contributed by atoms with E-state index in [-0.39, 0.29) is 0 Å². The van der Waals surface area contributed by atoms with Crippen molar-refractivity contribution >= 4 is 161 Å². The molecular weight excluding hydrogens is 1630 g/mol. The van der Waals surface area contributed by atoms with Crippen LogP contribution in [-0.4, -0.2) is 0 Å². The van der Waals surface area contributed by atoms with E-state index in [9.17, 15) is 0 Å². The molecule has 0 spiro atoms. The minimum Gasteiger partial charge on any atom is -0.455 e. The van der Waals surface area contributed by atoms with Crippen LogP contribution in [0.15, 0.2) is 474 Å². The lowest BCUT2D eigenvalue weighted by Gasteiger charge is -2.03. The Labute approximate surface area is 779 Å². The molecule has 5 heterocycles. The Morgan fingerprint density at radius 3 is 0.824 bits per heavy atom. The first-order valence-electron chi connectivity index (χ1n) is 46.0. The van der Waals surface area contributed by atoms with E-state index in [1.807, 2.05) is 165 Å². The van der Waals surface area contributed by atoms with Crippen molar-refractivity contribution in [1.29, 1.82) is 0 Å². The summed E-state index contributed by atoms with van der Waals surface area (Å²) in [5.74, 6) is 0. The normalized spacial score (nSPS) is 10.4. The van der Waals surface area contributed by atoms with E-state index in [4.69, 9.17) is 13.3 Å². The van der Waals surface area contributed by atoms with Gasteiger partial charge in [0, 0.05) is 89.4 Å². The predicted octanol–water partition coefficient (Wildman–Crippen LogP) is 39.8. The van der Waals surface area contributed by atoms with Crippen molar-refractivity contribution in [1.82, 2.24) is 0 Å². The molecule has 0 aliphatic heterocycles. The van der Waals surface area contributed by atoms with Crippen LogP contribution in [0.2, 0.25) is 0 Å². The SMILES string of the molecule is CC.CC.CC.CC.CC.Cc1ccccc1.Cc1ccccc1.c1ccc(-c2cccc3c2oc2ccc4ccccc4c23)cc1.c1ccc(-c2cccc3c2oc2ccc4ccccc4c23)cc1.c1ccc(-c2cccc3c2oc2ccccc23)cc1.c1ccc(-c2cccc3c2sc2ccc4ccccc4c23)cc1.c1ccc(-c2cccc3c2sc2ccccc23)cc1. The van der Waals surface area contributed by atoms with Crippen molar-refractivity contribution < 1.29 is 13.3 Å². The van der Waals surface area contributed by atoms with Crippen LogP contribution < -0.4 is 0 Å². The van der Waals surface area contributed by atoms with Gasteiger partial charge in [-0.1, -0.05) is 511 Å². The molecule has 0 amide bonds. The minimum absolute atomic E-state index is 0.945. The summed E-state index contributed by atoms with van der Waals surface area (Å²) in [5.41, 5.74) is 20.6. The summed E-state index contributed by atoms with van der Waals surface area (Å²) in [6.07, 6.45) is 0. The molecule has 0 bridgehead atoms. The molecule has 0 N–H and O–H groups in total. The molecule has 0 atom stereocenters. The highest BCUT2D eigenvalue weighted by molar-refractivity contribution is 7.27. The van der Waals surface area contributed by atoms with Gasteiger partial charge >= 0.3 is 0 Å². The summed E-state index contributed by atoms with van der Waals surface area (Å²) >= 11 is 3.78. The Morgan fingerprint density at radius 1 is 0.160 bits per heavy atom. The molecule has 0 saturated carbocycles. The number of para-hydroxylation sites is 4. The summed E-state index contributed by atoms with van der Waals surface area (Å²) in [5, 5.41) is 20.2. The van der Waals surface area contributed by atoms with Crippen LogP contribution >= 0.6 is 22.7 Å². The first kappa shape index (κ1) is 92.2. The lowest BCUT2D eigenvalue weighted by Crippen LogP contribution is -1.78. The summed E-state index contributed by atoms with van der Waals surface area (Å²) in [6.45, 7) is 24.2. The number of hydrogen-bond donors (Lipinski definition) is 0. The van der Waals surface area contributed by atoms with Crippen molar-refractivity contribution in [2.45, 2.75) is 83.1 Å². The summed E-state index contributed by atoms with van der Waals surface area (Å²) < 4.78 is 24.0. The lowest BCUT2D eigenvalue weighted by molar-refractivity contribution is 0.669. The van der Waals surface area contributed by atoms with Crippen LogP contribution in [0.25, 0.3) is 194 Å². The summed E-state index contributed by atoms with van der Waals surface area (Å²) in [4.78, 5) is 0. The Balaban J connectivity index is 0.000000124. The molecule has 25 aromatic rings. The number of furan rings is 3. The first-order valence-corrected chi connectivity index (χ1v) is 47.6. The van der Waals surface area contributed by atoms with Gasteiger partial charge in [0.15, 0.2) is 0 Å². The molecule has 20 aromatic carbocycles. The molecule has 0 unspecified atom stereocenters. The molecule has 25 rings (SSSR count). The van der Waals surface area contributed by atoms with Crippen molar-refractivity contribution in [2.24, 2.45) is 0 Å². The van der Waals surface area contributed by atoms with Gasteiger partial charge < -0.3 is 13.3 Å².